The minimum absolute atomic E-state index is 0.256. The van der Waals surface area contributed by atoms with E-state index in [9.17, 15) is 4.79 Å². The molecule has 0 aliphatic carbocycles. The van der Waals surface area contributed by atoms with Crippen molar-refractivity contribution >= 4 is 33.3 Å². The number of amides is 1. The zero-order valence-corrected chi connectivity index (χ0v) is 15.5. The van der Waals surface area contributed by atoms with E-state index < -0.39 is 0 Å². The number of carbonyl (C=O) groups is 1. The first-order valence-corrected chi connectivity index (χ1v) is 8.78. The van der Waals surface area contributed by atoms with E-state index in [0.717, 1.165) is 10.0 Å². The van der Waals surface area contributed by atoms with E-state index in [2.05, 4.69) is 36.4 Å². The number of carbonyl (C=O) groups excluding carboxylic acids is 1. The minimum Gasteiger partial charge on any atom is -0.307 e. The third kappa shape index (κ3) is 3.11. The number of hydrogen-bond donors (Lipinski definition) is 1. The molecule has 3 heterocycles. The van der Waals surface area contributed by atoms with Crippen molar-refractivity contribution in [2.24, 2.45) is 0 Å². The first-order chi connectivity index (χ1) is 12.6. The maximum atomic E-state index is 12.8. The van der Waals surface area contributed by atoms with Gasteiger partial charge in [0.15, 0.2) is 5.65 Å². The van der Waals surface area contributed by atoms with Crippen molar-refractivity contribution in [2.45, 2.75) is 13.5 Å². The molecule has 4 rings (SSSR count). The van der Waals surface area contributed by atoms with Gasteiger partial charge in [-0.05, 0) is 30.7 Å². The zero-order chi connectivity index (χ0) is 18.1. The summed E-state index contributed by atoms with van der Waals surface area (Å²) in [6.45, 7) is 2.35. The van der Waals surface area contributed by atoms with Crippen molar-refractivity contribution < 1.29 is 4.79 Å². The average Bonchev–Trinajstić information content (AvgIpc) is 3.19. The molecule has 1 N–H and O–H groups in total. The normalized spacial score (nSPS) is 11.0. The van der Waals surface area contributed by atoms with Crippen LogP contribution in [0.5, 0.6) is 0 Å². The Morgan fingerprint density at radius 2 is 2.00 bits per heavy atom. The lowest BCUT2D eigenvalue weighted by atomic mass is 10.2. The Balaban J connectivity index is 1.60. The fourth-order valence-corrected chi connectivity index (χ4v) is 3.03. The quantitative estimate of drug-likeness (QED) is 0.559. The molecule has 0 fully saturated rings. The highest BCUT2D eigenvalue weighted by atomic mass is 79.9. The molecule has 0 aliphatic heterocycles. The van der Waals surface area contributed by atoms with Crippen molar-refractivity contribution in [1.82, 2.24) is 24.4 Å². The zero-order valence-electron chi connectivity index (χ0n) is 13.9. The fraction of sp³-hybridized carbons (Fsp3) is 0.111. The summed E-state index contributed by atoms with van der Waals surface area (Å²) in [5.41, 5.74) is 2.70. The van der Waals surface area contributed by atoms with E-state index in [4.69, 9.17) is 0 Å². The number of benzene rings is 1. The van der Waals surface area contributed by atoms with E-state index in [1.165, 1.54) is 0 Å². The van der Waals surface area contributed by atoms with Gasteiger partial charge in [0.25, 0.3) is 5.91 Å². The molecule has 26 heavy (non-hydrogen) atoms. The van der Waals surface area contributed by atoms with Crippen LogP contribution >= 0.6 is 15.9 Å². The Labute approximate surface area is 157 Å². The lowest BCUT2D eigenvalue weighted by Crippen LogP contribution is -2.17. The van der Waals surface area contributed by atoms with E-state index in [0.29, 0.717) is 29.3 Å². The molecule has 1 aromatic carbocycles. The second-order valence-electron chi connectivity index (χ2n) is 5.80. The van der Waals surface area contributed by atoms with E-state index in [1.807, 2.05) is 24.3 Å². The third-order valence-corrected chi connectivity index (χ3v) is 4.53. The summed E-state index contributed by atoms with van der Waals surface area (Å²) in [6, 6.07) is 11.5. The van der Waals surface area contributed by atoms with Crippen LogP contribution in [0.25, 0.3) is 5.65 Å². The maximum Gasteiger partial charge on any atom is 0.262 e. The summed E-state index contributed by atoms with van der Waals surface area (Å²) in [7, 11) is 0. The standard InChI is InChI=1S/C18H15BrN6O/c1-12-16(17-20-8-2-10-24(17)23-12)18(26)22-15-7-9-21-25(15)11-13-3-5-14(19)6-4-13/h2-10H,11H2,1H3,(H,22,26). The molecule has 1 amide bonds. The first kappa shape index (κ1) is 16.5. The average molecular weight is 411 g/mol. The van der Waals surface area contributed by atoms with Crippen LogP contribution in [-0.2, 0) is 6.54 Å². The number of hydrogen-bond acceptors (Lipinski definition) is 4. The number of nitrogens with one attached hydrogen (secondary N) is 1. The number of aryl methyl sites for hydroxylation is 1. The molecular formula is C18H15BrN6O. The van der Waals surface area contributed by atoms with E-state index in [1.54, 1.807) is 46.8 Å². The van der Waals surface area contributed by atoms with Crippen LogP contribution < -0.4 is 5.32 Å². The van der Waals surface area contributed by atoms with Crippen molar-refractivity contribution in [3.8, 4) is 0 Å². The predicted molar refractivity (Wildman–Crippen MR) is 101 cm³/mol. The van der Waals surface area contributed by atoms with Crippen LogP contribution in [0.2, 0.25) is 0 Å². The Morgan fingerprint density at radius 3 is 2.81 bits per heavy atom. The monoisotopic (exact) mass is 410 g/mol. The van der Waals surface area contributed by atoms with Gasteiger partial charge in [0.05, 0.1) is 18.4 Å². The molecule has 0 radical (unpaired) electrons. The Kier molecular flexibility index (Phi) is 4.26. The van der Waals surface area contributed by atoms with Gasteiger partial charge in [0, 0.05) is 22.9 Å². The summed E-state index contributed by atoms with van der Waals surface area (Å²) in [4.78, 5) is 17.1. The molecule has 0 saturated carbocycles. The van der Waals surface area contributed by atoms with Gasteiger partial charge in [0.2, 0.25) is 0 Å². The number of anilines is 1. The molecule has 0 atom stereocenters. The van der Waals surface area contributed by atoms with Crippen LogP contribution in [0, 0.1) is 6.92 Å². The molecule has 0 aliphatic rings. The lowest BCUT2D eigenvalue weighted by Gasteiger charge is -2.09. The molecule has 0 spiro atoms. The Bertz CT molecular complexity index is 1080. The van der Waals surface area contributed by atoms with Crippen LogP contribution in [-0.4, -0.2) is 30.3 Å². The molecule has 7 nitrogen and oxygen atoms in total. The highest BCUT2D eigenvalue weighted by molar-refractivity contribution is 9.10. The van der Waals surface area contributed by atoms with Crippen molar-refractivity contribution in [2.75, 3.05) is 5.32 Å². The highest BCUT2D eigenvalue weighted by Crippen LogP contribution is 2.17. The molecule has 4 aromatic rings. The van der Waals surface area contributed by atoms with Gasteiger partial charge in [-0.1, -0.05) is 28.1 Å². The van der Waals surface area contributed by atoms with Gasteiger partial charge in [0.1, 0.15) is 11.4 Å². The summed E-state index contributed by atoms with van der Waals surface area (Å²) in [5.74, 6) is 0.362. The third-order valence-electron chi connectivity index (χ3n) is 4.00. The van der Waals surface area contributed by atoms with Crippen molar-refractivity contribution in [3.63, 3.8) is 0 Å². The summed E-state index contributed by atoms with van der Waals surface area (Å²) < 4.78 is 4.37. The largest absolute Gasteiger partial charge is 0.307 e. The van der Waals surface area contributed by atoms with Crippen LogP contribution in [0.1, 0.15) is 21.6 Å². The van der Waals surface area contributed by atoms with Crippen LogP contribution in [0.15, 0.2) is 59.5 Å². The molecule has 8 heteroatoms. The van der Waals surface area contributed by atoms with Gasteiger partial charge in [-0.25, -0.2) is 14.2 Å². The number of fused-ring (bicyclic) bond motifs is 1. The summed E-state index contributed by atoms with van der Waals surface area (Å²) >= 11 is 3.43. The maximum absolute atomic E-state index is 12.8. The second-order valence-corrected chi connectivity index (χ2v) is 6.72. The minimum atomic E-state index is -0.256. The second kappa shape index (κ2) is 6.72. The smallest absolute Gasteiger partial charge is 0.262 e. The van der Waals surface area contributed by atoms with Crippen molar-refractivity contribution in [1.29, 1.82) is 0 Å². The first-order valence-electron chi connectivity index (χ1n) is 7.99. The topological polar surface area (TPSA) is 77.1 Å². The lowest BCUT2D eigenvalue weighted by molar-refractivity contribution is 0.102. The molecule has 0 bridgehead atoms. The van der Waals surface area contributed by atoms with Gasteiger partial charge in [-0.2, -0.15) is 10.2 Å². The van der Waals surface area contributed by atoms with Gasteiger partial charge < -0.3 is 5.32 Å². The SMILES string of the molecule is Cc1nn2cccnc2c1C(=O)Nc1ccnn1Cc1ccc(Br)cc1. The van der Waals surface area contributed by atoms with Gasteiger partial charge in [-0.15, -0.1) is 0 Å². The van der Waals surface area contributed by atoms with E-state index >= 15 is 0 Å². The molecule has 130 valence electrons. The number of nitrogens with zero attached hydrogens (tertiary/aromatic N) is 5. The number of rotatable bonds is 4. The van der Waals surface area contributed by atoms with Crippen molar-refractivity contribution in [3.05, 3.63) is 76.3 Å². The molecular weight excluding hydrogens is 396 g/mol. The predicted octanol–water partition coefficient (Wildman–Crippen LogP) is 3.30. The Hall–Kier alpha value is -3.00. The molecule has 3 aromatic heterocycles. The fourth-order valence-electron chi connectivity index (χ4n) is 2.77. The Morgan fingerprint density at radius 1 is 1.19 bits per heavy atom. The molecule has 0 unspecified atom stereocenters. The van der Waals surface area contributed by atoms with Gasteiger partial charge >= 0.3 is 0 Å². The molecule has 0 saturated heterocycles. The van der Waals surface area contributed by atoms with Crippen LogP contribution in [0.4, 0.5) is 5.82 Å². The highest BCUT2D eigenvalue weighted by Gasteiger charge is 2.19. The van der Waals surface area contributed by atoms with Crippen LogP contribution in [0.3, 0.4) is 0 Å². The summed E-state index contributed by atoms with van der Waals surface area (Å²) in [6.07, 6.45) is 5.07. The summed E-state index contributed by atoms with van der Waals surface area (Å²) in [5, 5.41) is 11.6. The number of halogens is 1. The van der Waals surface area contributed by atoms with Gasteiger partial charge in [-0.3, -0.25) is 4.79 Å². The van der Waals surface area contributed by atoms with E-state index in [-0.39, 0.29) is 5.91 Å². The number of aromatic nitrogens is 5.